The Balaban J connectivity index is 1.82. The van der Waals surface area contributed by atoms with Crippen LogP contribution in [0.2, 0.25) is 0 Å². The first kappa shape index (κ1) is 29.6. The van der Waals surface area contributed by atoms with E-state index in [4.69, 9.17) is 14.2 Å². The van der Waals surface area contributed by atoms with Gasteiger partial charge in [-0.15, -0.1) is 0 Å². The van der Waals surface area contributed by atoms with Gasteiger partial charge in [0, 0.05) is 70.5 Å². The van der Waals surface area contributed by atoms with E-state index in [1.165, 1.54) is 0 Å². The Morgan fingerprint density at radius 3 is 1.65 bits per heavy atom. The van der Waals surface area contributed by atoms with Crippen LogP contribution in [-0.4, -0.2) is 62.5 Å². The fraction of sp³-hybridized carbons (Fsp3) is 0.250. The molecule has 1 atom stereocenters. The van der Waals surface area contributed by atoms with Crippen molar-refractivity contribution in [1.29, 1.82) is 0 Å². The summed E-state index contributed by atoms with van der Waals surface area (Å²) in [5.41, 5.74) is 6.85. The molecule has 0 bridgehead atoms. The third-order valence-corrected chi connectivity index (χ3v) is 7.94. The summed E-state index contributed by atoms with van der Waals surface area (Å²) in [4.78, 5) is 19.8. The van der Waals surface area contributed by atoms with E-state index in [1.54, 1.807) is 14.2 Å². The van der Waals surface area contributed by atoms with Gasteiger partial charge in [-0.25, -0.2) is 4.79 Å². The van der Waals surface area contributed by atoms with E-state index in [2.05, 4.69) is 64.4 Å². The molecule has 0 fully saturated rings. The van der Waals surface area contributed by atoms with E-state index in [0.29, 0.717) is 17.1 Å². The molecule has 222 valence electrons. The molecule has 0 amide bonds. The normalized spacial score (nSPS) is 15.3. The maximum Gasteiger partial charge on any atom is 0.340 e. The molecular formula is C36H39N3O4. The maximum atomic E-state index is 13.7. The van der Waals surface area contributed by atoms with Gasteiger partial charge in [-0.3, -0.25) is 0 Å². The Morgan fingerprint density at radius 2 is 1.16 bits per heavy atom. The van der Waals surface area contributed by atoms with Crippen LogP contribution in [0.15, 0.2) is 91.0 Å². The van der Waals surface area contributed by atoms with E-state index in [9.17, 15) is 4.79 Å². The van der Waals surface area contributed by atoms with Crippen LogP contribution in [0.5, 0.6) is 11.5 Å². The number of fused-ring (bicyclic) bond motifs is 1. The zero-order chi connectivity index (χ0) is 30.9. The number of ether oxygens (including phenoxy) is 3. The molecule has 43 heavy (non-hydrogen) atoms. The van der Waals surface area contributed by atoms with E-state index >= 15 is 0 Å². The van der Waals surface area contributed by atoms with Gasteiger partial charge >= 0.3 is 5.97 Å². The van der Waals surface area contributed by atoms with Crippen molar-refractivity contribution in [2.75, 3.05) is 71.2 Å². The minimum Gasteiger partial charge on any atom is -0.493 e. The van der Waals surface area contributed by atoms with Crippen LogP contribution in [0, 0.1) is 0 Å². The minimum atomic E-state index is -1.23. The average molecular weight is 578 g/mol. The second-order valence-corrected chi connectivity index (χ2v) is 11.3. The largest absolute Gasteiger partial charge is 0.493 e. The molecule has 0 saturated heterocycles. The van der Waals surface area contributed by atoms with Gasteiger partial charge in [0.1, 0.15) is 0 Å². The van der Waals surface area contributed by atoms with Crippen LogP contribution in [0.3, 0.4) is 0 Å². The third kappa shape index (κ3) is 5.50. The molecule has 0 N–H and O–H groups in total. The summed E-state index contributed by atoms with van der Waals surface area (Å²) in [6, 6.07) is 28.4. The first-order valence-electron chi connectivity index (χ1n) is 14.1. The van der Waals surface area contributed by atoms with Gasteiger partial charge in [0.2, 0.25) is 0 Å². The van der Waals surface area contributed by atoms with E-state index in [-0.39, 0.29) is 5.97 Å². The first-order valence-corrected chi connectivity index (χ1v) is 14.1. The molecule has 1 aliphatic rings. The van der Waals surface area contributed by atoms with Crippen molar-refractivity contribution in [3.8, 4) is 11.5 Å². The number of hydrogen-bond acceptors (Lipinski definition) is 7. The van der Waals surface area contributed by atoms with Crippen molar-refractivity contribution >= 4 is 28.6 Å². The molecule has 7 heteroatoms. The van der Waals surface area contributed by atoms with Gasteiger partial charge in [0.25, 0.3) is 0 Å². The summed E-state index contributed by atoms with van der Waals surface area (Å²) in [5, 5.41) is 0. The predicted octanol–water partition coefficient (Wildman–Crippen LogP) is 6.45. The van der Waals surface area contributed by atoms with Crippen molar-refractivity contribution in [2.24, 2.45) is 0 Å². The lowest BCUT2D eigenvalue weighted by Crippen LogP contribution is -2.26. The molecular weight excluding hydrogens is 538 g/mol. The van der Waals surface area contributed by atoms with Crippen LogP contribution in [-0.2, 0) is 10.3 Å². The molecule has 0 aromatic heterocycles. The number of carbonyl (C=O) groups excluding carboxylic acids is 1. The summed E-state index contributed by atoms with van der Waals surface area (Å²) < 4.78 is 17.7. The van der Waals surface area contributed by atoms with Gasteiger partial charge < -0.3 is 28.9 Å². The summed E-state index contributed by atoms with van der Waals surface area (Å²) in [6.07, 6.45) is 2.07. The van der Waals surface area contributed by atoms with Crippen LogP contribution >= 0.6 is 0 Å². The molecule has 1 aliphatic heterocycles. The molecule has 1 unspecified atom stereocenters. The van der Waals surface area contributed by atoms with Crippen LogP contribution in [0.4, 0.5) is 17.1 Å². The number of anilines is 3. The quantitative estimate of drug-likeness (QED) is 0.212. The third-order valence-electron chi connectivity index (χ3n) is 7.94. The zero-order valence-corrected chi connectivity index (χ0v) is 26.1. The highest BCUT2D eigenvalue weighted by Gasteiger charge is 2.46. The highest BCUT2D eigenvalue weighted by atomic mass is 16.6. The Morgan fingerprint density at radius 1 is 0.651 bits per heavy atom. The second-order valence-electron chi connectivity index (χ2n) is 11.3. The highest BCUT2D eigenvalue weighted by molar-refractivity contribution is 5.98. The number of cyclic esters (lactones) is 1. The van der Waals surface area contributed by atoms with Gasteiger partial charge in [-0.2, -0.15) is 0 Å². The topological polar surface area (TPSA) is 54.5 Å². The lowest BCUT2D eigenvalue weighted by Gasteiger charge is -2.29. The van der Waals surface area contributed by atoms with Crippen LogP contribution < -0.4 is 24.2 Å². The van der Waals surface area contributed by atoms with E-state index in [1.807, 2.05) is 83.6 Å². The predicted molar refractivity (Wildman–Crippen MR) is 175 cm³/mol. The van der Waals surface area contributed by atoms with Gasteiger partial charge in [0.15, 0.2) is 17.1 Å². The highest BCUT2D eigenvalue weighted by Crippen LogP contribution is 2.48. The summed E-state index contributed by atoms with van der Waals surface area (Å²) in [6.45, 7) is 0. The van der Waals surface area contributed by atoms with Crippen molar-refractivity contribution in [3.05, 3.63) is 119 Å². The lowest BCUT2D eigenvalue weighted by molar-refractivity contribution is 0.0275. The standard InChI is InChI=1S/C36H39N3O4/c1-37(2)27-14-9-24(10-15-27)31(25-11-16-28(17-12-25)38(3)4)23-36(26-13-20-33(41-7)34(21-26)42-8)32-19-18-29(39(5)6)22-30(32)35(40)43-36/h9-23H,1-8H3. The molecule has 5 rings (SSSR count). The lowest BCUT2D eigenvalue weighted by atomic mass is 9.81. The number of carbonyl (C=O) groups is 1. The molecule has 0 radical (unpaired) electrons. The molecule has 1 heterocycles. The average Bonchev–Trinajstić information content (AvgIpc) is 3.30. The smallest absolute Gasteiger partial charge is 0.340 e. The van der Waals surface area contributed by atoms with Crippen molar-refractivity contribution < 1.29 is 19.0 Å². The van der Waals surface area contributed by atoms with Gasteiger partial charge in [-0.05, 0) is 71.3 Å². The number of benzene rings is 4. The van der Waals surface area contributed by atoms with Crippen LogP contribution in [0.1, 0.15) is 32.6 Å². The monoisotopic (exact) mass is 577 g/mol. The second kappa shape index (κ2) is 11.8. The van der Waals surface area contributed by atoms with E-state index in [0.717, 1.165) is 44.9 Å². The number of esters is 1. The van der Waals surface area contributed by atoms with Gasteiger partial charge in [-0.1, -0.05) is 36.4 Å². The zero-order valence-electron chi connectivity index (χ0n) is 26.1. The number of hydrogen-bond donors (Lipinski definition) is 0. The number of methoxy groups -OCH3 is 2. The molecule has 4 aromatic carbocycles. The molecule has 7 nitrogen and oxygen atoms in total. The summed E-state index contributed by atoms with van der Waals surface area (Å²) >= 11 is 0. The Hall–Kier alpha value is -4.91. The summed E-state index contributed by atoms with van der Waals surface area (Å²) in [7, 11) is 15.2. The molecule has 0 spiro atoms. The Labute approximate surface area is 254 Å². The fourth-order valence-corrected chi connectivity index (χ4v) is 5.45. The SMILES string of the molecule is COc1ccc(C2(C=C(c3ccc(N(C)C)cc3)c3ccc(N(C)C)cc3)OC(=O)c3cc(N(C)C)ccc32)cc1OC. The number of nitrogens with zero attached hydrogens (tertiary/aromatic N) is 3. The molecule has 0 aliphatic carbocycles. The van der Waals surface area contributed by atoms with Crippen LogP contribution in [0.25, 0.3) is 5.57 Å². The van der Waals surface area contributed by atoms with E-state index < -0.39 is 5.60 Å². The number of rotatable bonds is 9. The first-order chi connectivity index (χ1) is 20.6. The summed E-state index contributed by atoms with van der Waals surface area (Å²) in [5.74, 6) is 0.765. The maximum absolute atomic E-state index is 13.7. The minimum absolute atomic E-state index is 0.380. The molecule has 0 saturated carbocycles. The Kier molecular flexibility index (Phi) is 8.09. The van der Waals surface area contributed by atoms with Crippen molar-refractivity contribution in [3.63, 3.8) is 0 Å². The molecule has 4 aromatic rings. The Bertz CT molecular complexity index is 1600. The van der Waals surface area contributed by atoms with Crippen molar-refractivity contribution in [2.45, 2.75) is 5.60 Å². The fourth-order valence-electron chi connectivity index (χ4n) is 5.45. The van der Waals surface area contributed by atoms with Crippen molar-refractivity contribution in [1.82, 2.24) is 0 Å². The van der Waals surface area contributed by atoms with Gasteiger partial charge in [0.05, 0.1) is 19.8 Å².